The largest absolute Gasteiger partial charge is 1.00 e. The van der Waals surface area contributed by atoms with E-state index in [-0.39, 0.29) is 94.8 Å². The average molecular weight is 1090 g/mol. The summed E-state index contributed by atoms with van der Waals surface area (Å²) in [6.45, 7) is 18.7. The van der Waals surface area contributed by atoms with Crippen LogP contribution < -0.4 is 55.2 Å². The van der Waals surface area contributed by atoms with Crippen molar-refractivity contribution in [3.63, 3.8) is 0 Å². The summed E-state index contributed by atoms with van der Waals surface area (Å²) >= 11 is 0. The SMILES string of the molecule is C#CC[N+](C)(C)CCCN1C(=O)NC(C)(C)C1=O.CC1(C)NC(=O)N(CCCN=[N+]=[N-])C1=O.CC1(C)NC(=O)N(CCCn2cc(C[N+](C)(C)CCCN3C(=O)NC(C)(C)C3=O)nn2)C1=O.[Br-].[Br-]. The van der Waals surface area contributed by atoms with Gasteiger partial charge in [-0.25, -0.2) is 19.2 Å². The van der Waals surface area contributed by atoms with E-state index < -0.39 is 22.2 Å². The topological polar surface area (TPSA) is 277 Å². The summed E-state index contributed by atoms with van der Waals surface area (Å²) in [7, 11) is 8.20. The second kappa shape index (κ2) is 24.3. The minimum absolute atomic E-state index is 0. The number of aryl methyl sites for hydroxylation is 1. The Morgan fingerprint density at radius 2 is 0.956 bits per heavy atom. The smallest absolute Gasteiger partial charge is 0.325 e. The zero-order chi connectivity index (χ0) is 50.1. The number of nitrogens with one attached hydrogen (secondary N) is 4. The first-order chi connectivity index (χ1) is 30.4. The van der Waals surface area contributed by atoms with E-state index in [0.29, 0.717) is 67.5 Å². The van der Waals surface area contributed by atoms with Gasteiger partial charge in [-0.2, -0.15) is 0 Å². The summed E-state index contributed by atoms with van der Waals surface area (Å²) in [6.07, 6.45) is 9.67. The van der Waals surface area contributed by atoms with Crippen LogP contribution in [0.15, 0.2) is 11.3 Å². The van der Waals surface area contributed by atoms with Crippen LogP contribution >= 0.6 is 0 Å². The van der Waals surface area contributed by atoms with Crippen molar-refractivity contribution in [3.8, 4) is 12.3 Å². The molecule has 380 valence electrons. The number of halogens is 2. The van der Waals surface area contributed by atoms with E-state index in [1.54, 1.807) is 60.1 Å². The van der Waals surface area contributed by atoms with Crippen molar-refractivity contribution in [2.75, 3.05) is 80.5 Å². The van der Waals surface area contributed by atoms with Crippen LogP contribution in [0.1, 0.15) is 86.8 Å². The molecule has 0 aliphatic carbocycles. The Morgan fingerprint density at radius 1 is 0.603 bits per heavy atom. The van der Waals surface area contributed by atoms with Crippen molar-refractivity contribution in [2.45, 2.75) is 116 Å². The molecule has 68 heavy (non-hydrogen) atoms. The van der Waals surface area contributed by atoms with Gasteiger partial charge < -0.3 is 64.2 Å². The van der Waals surface area contributed by atoms with Crippen molar-refractivity contribution in [3.05, 3.63) is 22.3 Å². The third kappa shape index (κ3) is 16.4. The van der Waals surface area contributed by atoms with Gasteiger partial charge in [0, 0.05) is 57.0 Å². The fourth-order valence-corrected chi connectivity index (χ4v) is 7.50. The summed E-state index contributed by atoms with van der Waals surface area (Å²) in [5.74, 6) is 1.81. The predicted molar refractivity (Wildman–Crippen MR) is 241 cm³/mol. The number of carbonyl (C=O) groups excluding carboxylic acids is 8. The van der Waals surface area contributed by atoms with E-state index >= 15 is 0 Å². The van der Waals surface area contributed by atoms with E-state index in [4.69, 9.17) is 12.0 Å². The molecule has 0 bridgehead atoms. The highest BCUT2D eigenvalue weighted by Gasteiger charge is 2.46. The number of urea groups is 4. The van der Waals surface area contributed by atoms with Crippen LogP contribution in [0.4, 0.5) is 19.2 Å². The fourth-order valence-electron chi connectivity index (χ4n) is 7.50. The summed E-state index contributed by atoms with van der Waals surface area (Å²) in [5.41, 5.74) is 5.57. The molecule has 26 heteroatoms. The molecule has 24 nitrogen and oxygen atoms in total. The molecule has 4 N–H and O–H groups in total. The molecule has 4 fully saturated rings. The number of terminal acetylenes is 1. The van der Waals surface area contributed by atoms with Crippen LogP contribution in [0.3, 0.4) is 0 Å². The Labute approximate surface area is 419 Å². The zero-order valence-corrected chi connectivity index (χ0v) is 44.6. The van der Waals surface area contributed by atoms with Crippen LogP contribution in [0.5, 0.6) is 0 Å². The molecule has 0 radical (unpaired) electrons. The first-order valence-electron chi connectivity index (χ1n) is 21.9. The number of azide groups is 1. The fraction of sp³-hybridized carbons (Fsp3) is 0.714. The second-order valence-corrected chi connectivity index (χ2v) is 20.2. The molecule has 0 unspecified atom stereocenters. The van der Waals surface area contributed by atoms with Crippen molar-refractivity contribution >= 4 is 47.8 Å². The van der Waals surface area contributed by atoms with E-state index in [1.807, 2.05) is 20.3 Å². The van der Waals surface area contributed by atoms with Gasteiger partial charge in [0.25, 0.3) is 23.6 Å². The number of imide groups is 4. The Balaban J connectivity index is 0.000000559. The minimum Gasteiger partial charge on any atom is -1.00 e. The molecule has 1 aromatic rings. The van der Waals surface area contributed by atoms with Gasteiger partial charge in [0.2, 0.25) is 0 Å². The number of carbonyl (C=O) groups is 8. The van der Waals surface area contributed by atoms with E-state index in [9.17, 15) is 38.4 Å². The number of hydrogen-bond acceptors (Lipinski definition) is 11. The zero-order valence-electron chi connectivity index (χ0n) is 41.4. The van der Waals surface area contributed by atoms with Gasteiger partial charge in [-0.15, -0.1) is 11.5 Å². The highest BCUT2D eigenvalue weighted by atomic mass is 79.9. The lowest BCUT2D eigenvalue weighted by Crippen LogP contribution is -3.00. The highest BCUT2D eigenvalue weighted by molar-refractivity contribution is 6.08. The summed E-state index contributed by atoms with van der Waals surface area (Å²) in [4.78, 5) is 103. The Kier molecular flexibility index (Phi) is 21.7. The van der Waals surface area contributed by atoms with Gasteiger partial charge in [-0.1, -0.05) is 10.3 Å². The maximum Gasteiger partial charge on any atom is 0.325 e. The van der Waals surface area contributed by atoms with Crippen molar-refractivity contribution in [1.82, 2.24) is 55.9 Å². The molecule has 5 rings (SSSR count). The first-order valence-corrected chi connectivity index (χ1v) is 21.9. The number of amides is 12. The van der Waals surface area contributed by atoms with Crippen LogP contribution in [-0.2, 0) is 32.3 Å². The maximum atomic E-state index is 12.3. The van der Waals surface area contributed by atoms with Gasteiger partial charge in [0.05, 0.1) is 47.5 Å². The van der Waals surface area contributed by atoms with Gasteiger partial charge in [0.15, 0.2) is 0 Å². The molecule has 0 aromatic carbocycles. The van der Waals surface area contributed by atoms with Gasteiger partial charge in [-0.05, 0) is 79.7 Å². The molecule has 0 saturated carbocycles. The molecule has 4 aliphatic rings. The van der Waals surface area contributed by atoms with Gasteiger partial charge in [0.1, 0.15) is 40.9 Å². The molecular formula is C42H70Br2N16O8. The van der Waals surface area contributed by atoms with Gasteiger partial charge in [-0.3, -0.25) is 43.5 Å². The minimum atomic E-state index is -0.858. The number of hydrogen-bond donors (Lipinski definition) is 4. The average Bonchev–Trinajstić information content (AvgIpc) is 3.88. The molecule has 4 aliphatic heterocycles. The molecule has 5 heterocycles. The lowest BCUT2D eigenvalue weighted by atomic mass is 10.1. The third-order valence-corrected chi connectivity index (χ3v) is 11.2. The first kappa shape index (κ1) is 60.7. The van der Waals surface area contributed by atoms with Crippen LogP contribution in [0.25, 0.3) is 10.4 Å². The molecule has 0 spiro atoms. The third-order valence-electron chi connectivity index (χ3n) is 11.2. The molecule has 0 atom stereocenters. The number of rotatable bonds is 19. The molecule has 12 amide bonds. The summed E-state index contributed by atoms with van der Waals surface area (Å²) < 4.78 is 3.04. The predicted octanol–water partition coefficient (Wildman–Crippen LogP) is -4.26. The van der Waals surface area contributed by atoms with E-state index in [2.05, 4.69) is 61.6 Å². The summed E-state index contributed by atoms with van der Waals surface area (Å²) in [6, 6.07) is -1.38. The van der Waals surface area contributed by atoms with E-state index in [1.165, 1.54) is 14.7 Å². The second-order valence-electron chi connectivity index (χ2n) is 20.2. The van der Waals surface area contributed by atoms with Crippen molar-refractivity contribution in [1.29, 1.82) is 0 Å². The molecular weight excluding hydrogens is 1020 g/mol. The summed E-state index contributed by atoms with van der Waals surface area (Å²) in [5, 5.41) is 22.3. The monoisotopic (exact) mass is 1080 g/mol. The quantitative estimate of drug-likeness (QED) is 0.0197. The van der Waals surface area contributed by atoms with Crippen molar-refractivity contribution in [2.24, 2.45) is 5.11 Å². The highest BCUT2D eigenvalue weighted by Crippen LogP contribution is 2.20. The maximum absolute atomic E-state index is 12.3. The lowest BCUT2D eigenvalue weighted by molar-refractivity contribution is -0.904. The molecule has 4 saturated heterocycles. The lowest BCUT2D eigenvalue weighted by Gasteiger charge is -2.29. The standard InChI is InChI=1S/C21H34N8O4.C13H21N3O2.C8H13N5O2.2BrH/c1-20(2)16(30)27(18(32)22-20)10-7-9-26-13-15(24-25-26)14-29(5,6)12-8-11-28-17(31)21(3,4)23-19(28)33;1-6-9-16(4,5)10-7-8-15-11(17)13(2,3)14-12(15)18;1-8(2)6(14)13(7(15)11-8)5-3-4-10-12-9;;/h13H,7-12,14H2,1-6H3,(H-,22,23,32,33);1H,7-10H2,2-5H3;3-5H2,1-2H3,(H,11,15);2*1H. The molecule has 1 aromatic heterocycles. The normalized spacial score (nSPS) is 18.8. The van der Waals surface area contributed by atoms with Crippen LogP contribution in [-0.4, -0.2) is 194 Å². The van der Waals surface area contributed by atoms with Crippen molar-refractivity contribution < 1.29 is 81.3 Å². The number of nitrogens with zero attached hydrogens (tertiary/aromatic N) is 12. The van der Waals surface area contributed by atoms with Crippen LogP contribution in [0, 0.1) is 12.3 Å². The Hall–Kier alpha value is -5.35. The Bertz CT molecular complexity index is 2130. The van der Waals surface area contributed by atoms with Gasteiger partial charge >= 0.3 is 24.1 Å². The van der Waals surface area contributed by atoms with E-state index in [0.717, 1.165) is 30.1 Å². The number of quaternary nitrogens is 2. The van der Waals surface area contributed by atoms with Crippen LogP contribution in [0.2, 0.25) is 0 Å². The number of aromatic nitrogens is 3. The Morgan fingerprint density at radius 3 is 1.29 bits per heavy atom.